The van der Waals surface area contributed by atoms with Gasteiger partial charge in [0, 0.05) is 36.9 Å². The maximum absolute atomic E-state index is 9.33. The zero-order valence-corrected chi connectivity index (χ0v) is 26.5. The van der Waals surface area contributed by atoms with Crippen LogP contribution in [0.25, 0.3) is 87.7 Å². The van der Waals surface area contributed by atoms with Gasteiger partial charge in [-0.3, -0.25) is 0 Å². The quantitative estimate of drug-likeness (QED) is 0.179. The molecule has 0 unspecified atom stereocenters. The number of hydrogen-bond donors (Lipinski definition) is 0. The zero-order valence-electron chi connectivity index (χ0n) is 36.6. The molecular formula is C45H29N3S. The van der Waals surface area contributed by atoms with E-state index in [0.717, 1.165) is 33.6 Å². The largest absolute Gasteiger partial charge is 0.208 e. The van der Waals surface area contributed by atoms with Crippen LogP contribution in [0.3, 0.4) is 0 Å². The first kappa shape index (κ1) is 19.6. The molecule has 0 saturated carbocycles. The molecule has 2 aromatic heterocycles. The monoisotopic (exact) mass is 654 g/mol. The maximum atomic E-state index is 9.33. The molecule has 0 aliphatic carbocycles. The highest BCUT2D eigenvalue weighted by Crippen LogP contribution is 2.41. The lowest BCUT2D eigenvalue weighted by Gasteiger charge is -2.11. The van der Waals surface area contributed by atoms with Gasteiger partial charge >= 0.3 is 0 Å². The first-order valence-electron chi connectivity index (χ1n) is 21.0. The molecule has 9 aromatic rings. The Labute approximate surface area is 304 Å². The summed E-state index contributed by atoms with van der Waals surface area (Å²) in [5, 5.41) is 0.0508. The van der Waals surface area contributed by atoms with Crippen LogP contribution in [0.2, 0.25) is 0 Å². The van der Waals surface area contributed by atoms with Gasteiger partial charge in [-0.1, -0.05) is 158 Å². The molecule has 3 nitrogen and oxygen atoms in total. The second-order valence-electron chi connectivity index (χ2n) is 11.2. The van der Waals surface area contributed by atoms with Gasteiger partial charge in [-0.15, -0.1) is 11.3 Å². The van der Waals surface area contributed by atoms with Gasteiger partial charge in [0.05, 0.1) is 15.1 Å². The van der Waals surface area contributed by atoms with Crippen molar-refractivity contribution in [1.82, 2.24) is 15.0 Å². The van der Waals surface area contributed by atoms with Gasteiger partial charge < -0.3 is 0 Å². The number of nitrogens with zero attached hydrogens (tertiary/aromatic N) is 3. The number of thiophene rings is 1. The average Bonchev–Trinajstić information content (AvgIpc) is 3.69. The average molecular weight is 655 g/mol. The van der Waals surface area contributed by atoms with Crippen LogP contribution in [0.4, 0.5) is 0 Å². The molecule has 0 amide bonds. The highest BCUT2D eigenvalue weighted by molar-refractivity contribution is 7.26. The topological polar surface area (TPSA) is 38.7 Å². The minimum Gasteiger partial charge on any atom is -0.208 e. The first-order chi connectivity index (χ1) is 28.8. The van der Waals surface area contributed by atoms with E-state index in [1.54, 1.807) is 0 Å². The van der Waals surface area contributed by atoms with Gasteiger partial charge in [0.25, 0.3) is 0 Å². The van der Waals surface area contributed by atoms with Crippen molar-refractivity contribution in [2.45, 2.75) is 0 Å². The number of hydrogen-bond acceptors (Lipinski definition) is 4. The lowest BCUT2D eigenvalue weighted by Crippen LogP contribution is -2.00. The zero-order chi connectivity index (χ0) is 42.1. The summed E-state index contributed by atoms with van der Waals surface area (Å²) in [7, 11) is 0. The van der Waals surface area contributed by atoms with Gasteiger partial charge in [-0.05, 0) is 51.5 Å². The van der Waals surface area contributed by atoms with Crippen molar-refractivity contribution in [3.05, 3.63) is 176 Å². The molecule has 7 aromatic carbocycles. The Morgan fingerprint density at radius 3 is 1.78 bits per heavy atom. The van der Waals surface area contributed by atoms with E-state index >= 15 is 0 Å². The van der Waals surface area contributed by atoms with Crippen molar-refractivity contribution in [1.29, 1.82) is 0 Å². The highest BCUT2D eigenvalue weighted by Gasteiger charge is 2.17. The predicted octanol–water partition coefficient (Wildman–Crippen LogP) is 12.2. The van der Waals surface area contributed by atoms with E-state index in [4.69, 9.17) is 25.9 Å². The van der Waals surface area contributed by atoms with Crippen LogP contribution in [0, 0.1) is 0 Å². The molecule has 0 radical (unpaired) electrons. The molecular weight excluding hydrogens is 615 g/mol. The van der Waals surface area contributed by atoms with Gasteiger partial charge in [0.2, 0.25) is 0 Å². The van der Waals surface area contributed by atoms with E-state index in [9.17, 15) is 4.11 Å². The van der Waals surface area contributed by atoms with Gasteiger partial charge in [-0.25, -0.2) is 15.0 Å². The minimum absolute atomic E-state index is 0.00225. The smallest absolute Gasteiger partial charge is 0.165 e. The normalized spacial score (nSPS) is 14.4. The molecule has 0 N–H and O–H groups in total. The molecule has 230 valence electrons. The summed E-state index contributed by atoms with van der Waals surface area (Å²) in [5.74, 6) is 0.556. The summed E-state index contributed by atoms with van der Waals surface area (Å²) in [5.41, 5.74) is 4.52. The van der Waals surface area contributed by atoms with Gasteiger partial charge in [0.15, 0.2) is 17.5 Å². The second-order valence-corrected chi connectivity index (χ2v) is 12.2. The van der Waals surface area contributed by atoms with E-state index in [2.05, 4.69) is 0 Å². The van der Waals surface area contributed by atoms with Crippen LogP contribution < -0.4 is 0 Å². The van der Waals surface area contributed by atoms with Crippen molar-refractivity contribution in [2.75, 3.05) is 0 Å². The van der Waals surface area contributed by atoms with Crippen LogP contribution in [-0.2, 0) is 0 Å². The van der Waals surface area contributed by atoms with Crippen molar-refractivity contribution >= 4 is 31.5 Å². The Morgan fingerprint density at radius 1 is 0.408 bits per heavy atom. The molecule has 0 spiro atoms. The summed E-state index contributed by atoms with van der Waals surface area (Å²) < 4.78 is 96.8. The molecule has 0 aliphatic rings. The van der Waals surface area contributed by atoms with E-state index < -0.39 is 54.4 Å². The molecule has 0 saturated heterocycles. The maximum Gasteiger partial charge on any atom is 0.165 e. The summed E-state index contributed by atoms with van der Waals surface area (Å²) in [6.45, 7) is 0. The van der Waals surface area contributed by atoms with Crippen molar-refractivity contribution in [3.63, 3.8) is 0 Å². The molecule has 9 rings (SSSR count). The van der Waals surface area contributed by atoms with E-state index in [0.29, 0.717) is 11.1 Å². The van der Waals surface area contributed by atoms with Crippen molar-refractivity contribution in [2.24, 2.45) is 0 Å². The third-order valence-corrected chi connectivity index (χ3v) is 9.27. The Bertz CT molecular complexity index is 3180. The molecule has 0 atom stereocenters. The molecule has 4 heteroatoms. The number of aromatic nitrogens is 3. The second kappa shape index (κ2) is 12.4. The molecule has 49 heavy (non-hydrogen) atoms. The fraction of sp³-hybridized carbons (Fsp3) is 0. The summed E-state index contributed by atoms with van der Waals surface area (Å²) in [6, 6.07) is 29.2. The van der Waals surface area contributed by atoms with Crippen LogP contribution in [0.1, 0.15) is 15.1 Å². The van der Waals surface area contributed by atoms with Crippen molar-refractivity contribution in [3.8, 4) is 67.5 Å². The highest BCUT2D eigenvalue weighted by atomic mass is 32.1. The molecule has 0 bridgehead atoms. The van der Waals surface area contributed by atoms with Crippen LogP contribution >= 0.6 is 11.3 Å². The van der Waals surface area contributed by atoms with Gasteiger partial charge in [0.1, 0.15) is 0 Å². The predicted molar refractivity (Wildman–Crippen MR) is 205 cm³/mol. The SMILES string of the molecule is [2H]c1c([2H])c([2H])c(-c2c([2H])c([2H])c3c(sc4c(-c5nc(-c6ccc(-c7ccccc7)cc6)nc(-c6cccc(-c7ccccc7)c6)n5)c([2H])c([2H])c([2H])c43)c2[2H])c([2H])c1[2H]. The molecule has 2 heterocycles. The lowest BCUT2D eigenvalue weighted by molar-refractivity contribution is 1.08. The molecule has 0 fully saturated rings. The number of fused-ring (bicyclic) bond motifs is 3. The van der Waals surface area contributed by atoms with E-state index in [1.165, 1.54) is 0 Å². The third kappa shape index (κ3) is 5.58. The van der Waals surface area contributed by atoms with E-state index in [-0.39, 0.29) is 66.4 Å². The number of benzene rings is 7. The summed E-state index contributed by atoms with van der Waals surface area (Å²) in [4.78, 5) is 14.7. The minimum atomic E-state index is -0.647. The standard InChI is InChI=1S/C45H29N3S/c1-4-12-30(13-5-1)33-22-24-34(25-23-33)43-46-44(37-19-10-18-35(28-37)31-14-6-2-7-15-31)48-45(47-43)40-21-11-20-39-38-27-26-36(29-41(38)49-42(39)40)32-16-8-3-9-17-32/h1-29H/i3D,8D,9D,11D,16D,17D,20D,21D,26D,27D,29D. The molecule has 0 aliphatic heterocycles. The Kier molecular flexibility index (Phi) is 4.96. The third-order valence-electron chi connectivity index (χ3n) is 8.15. The number of rotatable bonds is 6. The Hall–Kier alpha value is -6.23. The van der Waals surface area contributed by atoms with E-state index in [1.807, 2.05) is 109 Å². The van der Waals surface area contributed by atoms with Gasteiger partial charge in [-0.2, -0.15) is 0 Å². The lowest BCUT2D eigenvalue weighted by atomic mass is 10.0. The van der Waals surface area contributed by atoms with Crippen LogP contribution in [0.15, 0.2) is 176 Å². The van der Waals surface area contributed by atoms with Crippen LogP contribution in [-0.4, -0.2) is 15.0 Å². The summed E-state index contributed by atoms with van der Waals surface area (Å²) in [6.07, 6.45) is 0. The fourth-order valence-electron chi connectivity index (χ4n) is 5.73. The Balaban J connectivity index is 1.32. The van der Waals surface area contributed by atoms with Crippen LogP contribution in [0.5, 0.6) is 0 Å². The summed E-state index contributed by atoms with van der Waals surface area (Å²) >= 11 is 0.937. The van der Waals surface area contributed by atoms with Crippen molar-refractivity contribution < 1.29 is 15.1 Å². The Morgan fingerprint density at radius 2 is 1.02 bits per heavy atom. The fourth-order valence-corrected chi connectivity index (χ4v) is 6.84. The first-order valence-corrected chi connectivity index (χ1v) is 16.3.